The molecule has 1 aliphatic carbocycles. The standard InChI is InChI=1S/C46H67FN6O8S/c1-11-29(18-20-46(10)21-19-34(47)36(23-46)60-25-32(16-17-37(48)55)51-43(59)61-45(7,8)9)40(56)52-39(44(4,5)6)42(58)53-24-33(54)22-35(53)41(57)50-27(2)30-12-14-31(15-13-30)38-28(3)49-26-62-38/h12-15,19,23,26-27,29,32-33,35,39,54H,11,16-18,20-22,24-25H2,1-10H3,(H2,48,55)(H,50,57)(H,51,59)(H,52,56)/t27-,29?,32-,33?,35-,39+,46?/m0/s1. The molecule has 4 rings (SSSR count). The van der Waals surface area contributed by atoms with Gasteiger partial charge in [-0.15, -0.1) is 11.3 Å². The number of rotatable bonds is 18. The van der Waals surface area contributed by atoms with E-state index in [0.29, 0.717) is 25.7 Å². The van der Waals surface area contributed by atoms with Gasteiger partial charge in [0.15, 0.2) is 11.6 Å². The first-order chi connectivity index (χ1) is 28.9. The number of amides is 5. The summed E-state index contributed by atoms with van der Waals surface area (Å²) in [7, 11) is 0. The second-order valence-electron chi connectivity index (χ2n) is 19.0. The molecule has 2 heterocycles. The third-order valence-corrected chi connectivity index (χ3v) is 12.3. The third-order valence-electron chi connectivity index (χ3n) is 11.3. The molecule has 0 radical (unpaired) electrons. The molecule has 5 amide bonds. The number of likely N-dealkylation sites (tertiary alicyclic amines) is 1. The number of allylic oxidation sites excluding steroid dienone is 3. The van der Waals surface area contributed by atoms with E-state index in [2.05, 4.69) is 20.9 Å². The Morgan fingerprint density at radius 1 is 1.06 bits per heavy atom. The number of aliphatic hydroxyl groups is 1. The van der Waals surface area contributed by atoms with Crippen molar-refractivity contribution in [1.29, 1.82) is 0 Å². The van der Waals surface area contributed by atoms with Crippen LogP contribution in [0.1, 0.15) is 125 Å². The zero-order valence-corrected chi connectivity index (χ0v) is 38.7. The number of hydrogen-bond donors (Lipinski definition) is 5. The maximum atomic E-state index is 15.1. The Morgan fingerprint density at radius 2 is 1.74 bits per heavy atom. The third kappa shape index (κ3) is 14.1. The lowest BCUT2D eigenvalue weighted by Gasteiger charge is -2.36. The summed E-state index contributed by atoms with van der Waals surface area (Å²) in [6, 6.07) is 4.89. The number of thiazole rings is 1. The lowest BCUT2D eigenvalue weighted by atomic mass is 9.76. The van der Waals surface area contributed by atoms with Crippen molar-refractivity contribution in [2.24, 2.45) is 22.5 Å². The molecule has 342 valence electrons. The minimum absolute atomic E-state index is 0.00890. The van der Waals surface area contributed by atoms with E-state index in [9.17, 15) is 29.1 Å². The summed E-state index contributed by atoms with van der Waals surface area (Å²) < 4.78 is 26.4. The maximum Gasteiger partial charge on any atom is 0.407 e. The van der Waals surface area contributed by atoms with Crippen LogP contribution in [0.15, 0.2) is 53.5 Å². The van der Waals surface area contributed by atoms with E-state index in [1.165, 1.54) is 11.0 Å². The summed E-state index contributed by atoms with van der Waals surface area (Å²) in [5.41, 5.74) is 7.92. The molecule has 2 aliphatic rings. The number of halogens is 1. The van der Waals surface area contributed by atoms with Crippen LogP contribution in [0, 0.1) is 23.7 Å². The number of ether oxygens (including phenoxy) is 2. The van der Waals surface area contributed by atoms with E-state index in [1.807, 2.05) is 72.7 Å². The Labute approximate surface area is 369 Å². The number of aryl methyl sites for hydroxylation is 1. The first-order valence-electron chi connectivity index (χ1n) is 21.5. The zero-order valence-electron chi connectivity index (χ0n) is 37.9. The Balaban J connectivity index is 1.40. The molecule has 0 bridgehead atoms. The second kappa shape index (κ2) is 21.0. The van der Waals surface area contributed by atoms with Gasteiger partial charge in [0, 0.05) is 25.3 Å². The lowest BCUT2D eigenvalue weighted by molar-refractivity contribution is -0.144. The number of β-amino-alcohol motifs (C(OH)–C–C–N with tert-alkyl or cyclic N) is 1. The Hall–Kier alpha value is -4.83. The fourth-order valence-corrected chi connectivity index (χ4v) is 8.44. The van der Waals surface area contributed by atoms with Crippen LogP contribution in [0.25, 0.3) is 10.4 Å². The first-order valence-corrected chi connectivity index (χ1v) is 22.4. The van der Waals surface area contributed by atoms with Gasteiger partial charge in [-0.3, -0.25) is 19.2 Å². The van der Waals surface area contributed by atoms with E-state index in [-0.39, 0.29) is 50.1 Å². The number of alkyl carbamates (subject to hydrolysis) is 1. The summed E-state index contributed by atoms with van der Waals surface area (Å²) in [6.45, 7) is 18.2. The fourth-order valence-electron chi connectivity index (χ4n) is 7.63. The van der Waals surface area contributed by atoms with E-state index < -0.39 is 76.2 Å². The molecule has 1 aromatic heterocycles. The van der Waals surface area contributed by atoms with Gasteiger partial charge in [-0.05, 0) is 101 Å². The molecule has 14 nitrogen and oxygen atoms in total. The lowest BCUT2D eigenvalue weighted by Crippen LogP contribution is -2.58. The number of nitrogens with one attached hydrogen (secondary N) is 3. The number of nitrogens with zero attached hydrogens (tertiary/aromatic N) is 2. The molecule has 1 saturated heterocycles. The smallest absolute Gasteiger partial charge is 0.407 e. The Morgan fingerprint density at radius 3 is 2.32 bits per heavy atom. The summed E-state index contributed by atoms with van der Waals surface area (Å²) in [4.78, 5) is 72.9. The molecule has 0 saturated carbocycles. The van der Waals surface area contributed by atoms with Gasteiger partial charge >= 0.3 is 6.09 Å². The highest BCUT2D eigenvalue weighted by molar-refractivity contribution is 7.13. The number of aromatic nitrogens is 1. The van der Waals surface area contributed by atoms with E-state index in [1.54, 1.807) is 43.7 Å². The predicted octanol–water partition coefficient (Wildman–Crippen LogP) is 6.92. The van der Waals surface area contributed by atoms with Gasteiger partial charge < -0.3 is 41.2 Å². The van der Waals surface area contributed by atoms with E-state index >= 15 is 4.39 Å². The van der Waals surface area contributed by atoms with E-state index in [4.69, 9.17) is 15.2 Å². The van der Waals surface area contributed by atoms with Gasteiger partial charge in [0.05, 0.1) is 34.3 Å². The molecule has 1 aliphatic heterocycles. The largest absolute Gasteiger partial charge is 0.489 e. The zero-order chi connectivity index (χ0) is 46.2. The first kappa shape index (κ1) is 49.8. The molecule has 16 heteroatoms. The highest BCUT2D eigenvalue weighted by Crippen LogP contribution is 2.39. The van der Waals surface area contributed by atoms with Crippen LogP contribution in [0.4, 0.5) is 9.18 Å². The molecule has 2 aromatic rings. The van der Waals surface area contributed by atoms with Crippen molar-refractivity contribution in [3.63, 3.8) is 0 Å². The minimum atomic E-state index is -0.996. The average Bonchev–Trinajstić information content (AvgIpc) is 3.80. The Bertz CT molecular complexity index is 1970. The van der Waals surface area contributed by atoms with Crippen LogP contribution in [-0.2, 0) is 28.7 Å². The van der Waals surface area contributed by atoms with Crippen molar-refractivity contribution in [2.45, 2.75) is 150 Å². The highest BCUT2D eigenvalue weighted by atomic mass is 32.1. The fraction of sp³-hybridized carbons (Fsp3) is 0.609. The number of nitrogens with two attached hydrogens (primary N) is 1. The molecule has 1 aromatic carbocycles. The molecule has 7 atom stereocenters. The number of carbonyl (C=O) groups excluding carboxylic acids is 5. The average molecular weight is 883 g/mol. The van der Waals surface area contributed by atoms with Crippen LogP contribution in [0.2, 0.25) is 0 Å². The summed E-state index contributed by atoms with van der Waals surface area (Å²) in [5, 5.41) is 19.5. The number of carbonyl (C=O) groups is 5. The quantitative estimate of drug-likeness (QED) is 0.105. The van der Waals surface area contributed by atoms with Crippen molar-refractivity contribution in [3.8, 4) is 10.4 Å². The van der Waals surface area contributed by atoms with Crippen molar-refractivity contribution < 1.29 is 42.9 Å². The molecule has 3 unspecified atom stereocenters. The van der Waals surface area contributed by atoms with E-state index in [0.717, 1.165) is 21.7 Å². The van der Waals surface area contributed by atoms with Crippen molar-refractivity contribution >= 4 is 41.1 Å². The SMILES string of the molecule is CCC(CCC1(C)C=C(OC[C@H](CCC(N)=O)NC(=O)OC(C)(C)C)C(F)=CC1)C(=O)N[C@H](C(=O)N1CC(O)C[C@H]1C(=O)N[C@@H](C)c1ccc(-c2scnc2C)cc1)C(C)(C)C. The van der Waals surface area contributed by atoms with Gasteiger partial charge in [-0.1, -0.05) is 58.9 Å². The predicted molar refractivity (Wildman–Crippen MR) is 237 cm³/mol. The number of benzene rings is 1. The maximum absolute atomic E-state index is 15.1. The molecule has 62 heavy (non-hydrogen) atoms. The van der Waals surface area contributed by atoms with Crippen molar-refractivity contribution in [2.75, 3.05) is 13.2 Å². The summed E-state index contributed by atoms with van der Waals surface area (Å²) in [6.07, 6.45) is 3.43. The minimum Gasteiger partial charge on any atom is -0.489 e. The van der Waals surface area contributed by atoms with Gasteiger partial charge in [0.2, 0.25) is 23.6 Å². The van der Waals surface area contributed by atoms with Crippen LogP contribution >= 0.6 is 11.3 Å². The molecule has 0 spiro atoms. The second-order valence-corrected chi connectivity index (χ2v) is 19.9. The van der Waals surface area contributed by atoms with Crippen LogP contribution in [0.5, 0.6) is 0 Å². The molecular formula is C46H67FN6O8S. The van der Waals surface area contributed by atoms with Gasteiger partial charge in [-0.25, -0.2) is 14.2 Å². The van der Waals surface area contributed by atoms with Crippen LogP contribution in [0.3, 0.4) is 0 Å². The molecule has 1 fully saturated rings. The number of primary amides is 1. The topological polar surface area (TPSA) is 202 Å². The van der Waals surface area contributed by atoms with Crippen molar-refractivity contribution in [3.05, 3.63) is 64.8 Å². The number of aliphatic hydroxyl groups excluding tert-OH is 1. The van der Waals surface area contributed by atoms with Gasteiger partial charge in [-0.2, -0.15) is 0 Å². The molecular weight excluding hydrogens is 816 g/mol. The van der Waals surface area contributed by atoms with Crippen LogP contribution < -0.4 is 21.7 Å². The van der Waals surface area contributed by atoms with Crippen LogP contribution in [-0.4, -0.2) is 87.7 Å². The van der Waals surface area contributed by atoms with Gasteiger partial charge in [0.25, 0.3) is 0 Å². The number of hydrogen-bond acceptors (Lipinski definition) is 10. The normalized spacial score (nSPS) is 21.1. The Kier molecular flexibility index (Phi) is 16.9. The van der Waals surface area contributed by atoms with Gasteiger partial charge in [0.1, 0.15) is 24.3 Å². The highest BCUT2D eigenvalue weighted by Gasteiger charge is 2.45. The van der Waals surface area contributed by atoms with Crippen molar-refractivity contribution in [1.82, 2.24) is 25.8 Å². The summed E-state index contributed by atoms with van der Waals surface area (Å²) in [5.74, 6) is -2.78. The monoisotopic (exact) mass is 882 g/mol. The molecule has 6 N–H and O–H groups in total. The summed E-state index contributed by atoms with van der Waals surface area (Å²) >= 11 is 1.56.